The summed E-state index contributed by atoms with van der Waals surface area (Å²) in [7, 11) is 2.80. The highest BCUT2D eigenvalue weighted by Gasteiger charge is 2.60. The molecule has 13 nitrogen and oxygen atoms in total. The molecule has 0 aliphatic carbocycles. The van der Waals surface area contributed by atoms with E-state index in [1.165, 1.54) is 20.5 Å². The Kier molecular flexibility index (Phi) is 8.01. The molecule has 1 aromatic carbocycles. The molecular formula is C28H36N2O11. The zero-order chi connectivity index (χ0) is 29.6. The summed E-state index contributed by atoms with van der Waals surface area (Å²) in [5.74, 6) is -2.03. The minimum atomic E-state index is -1.84. The van der Waals surface area contributed by atoms with Gasteiger partial charge in [0.05, 0.1) is 31.5 Å². The fourth-order valence-corrected chi connectivity index (χ4v) is 7.00. The predicted molar refractivity (Wildman–Crippen MR) is 141 cm³/mol. The van der Waals surface area contributed by atoms with E-state index in [2.05, 4.69) is 17.1 Å². The maximum absolute atomic E-state index is 13.7. The molecule has 224 valence electrons. The number of rotatable bonds is 7. The lowest BCUT2D eigenvalue weighted by Gasteiger charge is -2.45. The number of anilines is 1. The number of ether oxygens (including phenoxy) is 4. The number of aliphatic hydroxyl groups is 3. The molecule has 0 unspecified atom stereocenters. The molecule has 0 bridgehead atoms. The molecule has 0 aromatic heterocycles. The van der Waals surface area contributed by atoms with Crippen LogP contribution < -0.4 is 10.1 Å². The quantitative estimate of drug-likeness (QED) is 0.166. The number of carbonyl (C=O) groups excluding carboxylic acids is 2. The molecule has 1 amide bonds. The molecule has 5 rings (SSSR count). The largest absolute Gasteiger partial charge is 0.504 e. The van der Waals surface area contributed by atoms with Crippen LogP contribution in [0.25, 0.3) is 0 Å². The van der Waals surface area contributed by atoms with Crippen LogP contribution in [0.2, 0.25) is 0 Å². The SMILES string of the molecule is CC[C@H]1CN2CC[C@]3(C(=O)Nc4ccc(O[C@@H]5O[C@H](C(=O)O)[C@@H](O)[C@H](O)[C@H]5O)cc43)[C@@H]2C[C@@H]1/C(=C\OC)C(=O)OC. The first-order valence-electron chi connectivity index (χ1n) is 13.7. The van der Waals surface area contributed by atoms with Crippen molar-refractivity contribution < 1.29 is 53.8 Å². The number of carboxylic acid groups (broad SMARTS) is 1. The molecule has 3 saturated heterocycles. The van der Waals surface area contributed by atoms with E-state index in [4.69, 9.17) is 18.9 Å². The second kappa shape index (κ2) is 11.2. The smallest absolute Gasteiger partial charge is 0.337 e. The fourth-order valence-electron chi connectivity index (χ4n) is 7.00. The van der Waals surface area contributed by atoms with E-state index >= 15 is 0 Å². The Bertz CT molecular complexity index is 1240. The second-order valence-electron chi connectivity index (χ2n) is 11.1. The summed E-state index contributed by atoms with van der Waals surface area (Å²) < 4.78 is 21.4. The van der Waals surface area contributed by atoms with Crippen molar-refractivity contribution in [1.29, 1.82) is 0 Å². The average Bonchev–Trinajstić information content (AvgIpc) is 3.47. The van der Waals surface area contributed by atoms with Crippen molar-refractivity contribution in [3.8, 4) is 5.75 Å². The highest BCUT2D eigenvalue weighted by atomic mass is 16.7. The van der Waals surface area contributed by atoms with Crippen molar-refractivity contribution in [3.63, 3.8) is 0 Å². The number of nitrogens with zero attached hydrogens (tertiary/aromatic N) is 1. The van der Waals surface area contributed by atoms with Gasteiger partial charge in [0.1, 0.15) is 24.1 Å². The lowest BCUT2D eigenvalue weighted by molar-refractivity contribution is -0.271. The maximum atomic E-state index is 13.7. The van der Waals surface area contributed by atoms with Gasteiger partial charge >= 0.3 is 11.9 Å². The van der Waals surface area contributed by atoms with Gasteiger partial charge in [0.15, 0.2) is 6.10 Å². The minimum absolute atomic E-state index is 0.148. The van der Waals surface area contributed by atoms with Crippen LogP contribution in [-0.2, 0) is 34.0 Å². The van der Waals surface area contributed by atoms with Gasteiger partial charge in [-0.1, -0.05) is 13.3 Å². The van der Waals surface area contributed by atoms with Gasteiger partial charge in [0, 0.05) is 18.3 Å². The van der Waals surface area contributed by atoms with Gasteiger partial charge in [-0.2, -0.15) is 0 Å². The number of fused-ring (bicyclic) bond motifs is 4. The minimum Gasteiger partial charge on any atom is -0.504 e. The van der Waals surface area contributed by atoms with Gasteiger partial charge in [0.25, 0.3) is 0 Å². The van der Waals surface area contributed by atoms with Crippen molar-refractivity contribution in [2.24, 2.45) is 11.8 Å². The van der Waals surface area contributed by atoms with Crippen molar-refractivity contribution in [2.45, 2.75) is 68.3 Å². The molecule has 1 spiro atoms. The Balaban J connectivity index is 1.47. The summed E-state index contributed by atoms with van der Waals surface area (Å²) in [6, 6.07) is 4.62. The Labute approximate surface area is 236 Å². The number of hydrogen-bond donors (Lipinski definition) is 5. The topological polar surface area (TPSA) is 184 Å². The summed E-state index contributed by atoms with van der Waals surface area (Å²) in [5, 5.41) is 42.9. The predicted octanol–water partition coefficient (Wildman–Crippen LogP) is -0.0288. The van der Waals surface area contributed by atoms with Crippen LogP contribution >= 0.6 is 0 Å². The second-order valence-corrected chi connectivity index (χ2v) is 11.1. The number of nitrogens with one attached hydrogen (secondary N) is 1. The average molecular weight is 577 g/mol. The first-order chi connectivity index (χ1) is 19.6. The lowest BCUT2D eigenvalue weighted by atomic mass is 9.67. The molecule has 4 aliphatic rings. The first-order valence-corrected chi connectivity index (χ1v) is 13.7. The van der Waals surface area contributed by atoms with Crippen LogP contribution in [0, 0.1) is 11.8 Å². The molecular weight excluding hydrogens is 540 g/mol. The number of aliphatic carboxylic acids is 1. The Morgan fingerprint density at radius 2 is 1.95 bits per heavy atom. The third-order valence-electron chi connectivity index (χ3n) is 9.10. The van der Waals surface area contributed by atoms with E-state index in [0.29, 0.717) is 42.8 Å². The fraction of sp³-hybridized carbons (Fsp3) is 0.607. The Hall–Kier alpha value is -3.23. The van der Waals surface area contributed by atoms with E-state index in [1.54, 1.807) is 18.2 Å². The van der Waals surface area contributed by atoms with Crippen molar-refractivity contribution in [1.82, 2.24) is 4.90 Å². The Morgan fingerprint density at radius 1 is 1.20 bits per heavy atom. The molecule has 0 saturated carbocycles. The zero-order valence-corrected chi connectivity index (χ0v) is 23.1. The summed E-state index contributed by atoms with van der Waals surface area (Å²) in [6.45, 7) is 3.42. The van der Waals surface area contributed by atoms with Crippen molar-refractivity contribution in [3.05, 3.63) is 35.6 Å². The van der Waals surface area contributed by atoms with Crippen molar-refractivity contribution in [2.75, 3.05) is 32.6 Å². The number of benzene rings is 1. The van der Waals surface area contributed by atoms with E-state index in [9.17, 15) is 34.8 Å². The van der Waals surface area contributed by atoms with Gasteiger partial charge in [-0.25, -0.2) is 9.59 Å². The highest BCUT2D eigenvalue weighted by molar-refractivity contribution is 6.07. The molecule has 9 atom stereocenters. The number of amides is 1. The number of esters is 1. The summed E-state index contributed by atoms with van der Waals surface area (Å²) >= 11 is 0. The summed E-state index contributed by atoms with van der Waals surface area (Å²) in [6.07, 6.45) is -5.48. The molecule has 5 N–H and O–H groups in total. The van der Waals surface area contributed by atoms with Crippen molar-refractivity contribution >= 4 is 23.5 Å². The molecule has 13 heteroatoms. The van der Waals surface area contributed by atoms with Crippen LogP contribution in [-0.4, -0.2) is 107 Å². The molecule has 1 aromatic rings. The zero-order valence-electron chi connectivity index (χ0n) is 23.1. The molecule has 41 heavy (non-hydrogen) atoms. The van der Waals surface area contributed by atoms with E-state index in [0.717, 1.165) is 6.42 Å². The lowest BCUT2D eigenvalue weighted by Crippen LogP contribution is -2.61. The number of methoxy groups -OCH3 is 2. The van der Waals surface area contributed by atoms with Crippen LogP contribution in [0.1, 0.15) is 31.7 Å². The van der Waals surface area contributed by atoms with Crippen LogP contribution in [0.3, 0.4) is 0 Å². The van der Waals surface area contributed by atoms with E-state index in [-0.39, 0.29) is 29.5 Å². The number of aliphatic hydroxyl groups excluding tert-OH is 3. The number of carboxylic acids is 1. The Morgan fingerprint density at radius 3 is 2.61 bits per heavy atom. The van der Waals surface area contributed by atoms with Gasteiger partial charge in [-0.3, -0.25) is 9.69 Å². The number of carbonyl (C=O) groups is 3. The molecule has 4 heterocycles. The molecule has 3 fully saturated rings. The summed E-state index contributed by atoms with van der Waals surface area (Å²) in [4.78, 5) is 40.2. The van der Waals surface area contributed by atoms with Gasteiger partial charge in [-0.05, 0) is 55.0 Å². The third-order valence-corrected chi connectivity index (χ3v) is 9.10. The van der Waals surface area contributed by atoms with Crippen LogP contribution in [0.4, 0.5) is 5.69 Å². The first kappa shape index (κ1) is 29.3. The van der Waals surface area contributed by atoms with E-state index in [1.807, 2.05) is 0 Å². The van der Waals surface area contributed by atoms with Gasteiger partial charge in [0.2, 0.25) is 12.2 Å². The maximum Gasteiger partial charge on any atom is 0.337 e. The third kappa shape index (κ3) is 4.75. The molecule has 4 aliphatic heterocycles. The number of piperidine rings is 1. The molecule has 0 radical (unpaired) electrons. The summed E-state index contributed by atoms with van der Waals surface area (Å²) in [5.41, 5.74) is 0.752. The van der Waals surface area contributed by atoms with Crippen LogP contribution in [0.5, 0.6) is 5.75 Å². The normalized spacial score (nSPS) is 36.8. The standard InChI is InChI=1S/C28H36N2O11/c1-4-13-11-30-8-7-28(19(30)10-15(13)16(12-38-2)25(36)39-3)17-9-14(5-6-18(17)29-27(28)37)40-26-22(33)20(31)21(32)23(41-26)24(34)35/h5-6,9,12-13,15,19-23,26,31-33H,4,7-8,10-11H2,1-3H3,(H,29,37)(H,34,35)/b16-12+/t13-,15-,19-,20-,21-,22+,23-,26+,28+/m0/s1. The monoisotopic (exact) mass is 576 g/mol. The van der Waals surface area contributed by atoms with E-state index < -0.39 is 48.1 Å². The van der Waals surface area contributed by atoms with Crippen LogP contribution in [0.15, 0.2) is 30.0 Å². The number of hydrogen-bond acceptors (Lipinski definition) is 11. The van der Waals surface area contributed by atoms with Gasteiger partial charge in [-0.15, -0.1) is 0 Å². The highest BCUT2D eigenvalue weighted by Crippen LogP contribution is 2.54. The van der Waals surface area contributed by atoms with Gasteiger partial charge < -0.3 is 44.7 Å².